The number of Topliss-reactive ketones (excluding diaryl/α,β-unsaturated/α-hetero) is 1. The molecular weight excluding hydrogens is 483 g/mol. The molecule has 2 aromatic carbocycles. The highest BCUT2D eigenvalue weighted by molar-refractivity contribution is 5.99. The molecule has 0 bridgehead atoms. The standard InChI is InChI=1S/C27H30F3N5O2/c1-16(24-31-15-32-34-24)12-23(36)21-9-8-19(17-6-5-7-18(13-17)27(28,29)30)20-10-11-35(14-22(20)21)25(37)33-26(2,3)4/h5-9,13,15-16H,10-12,14H2,1-4H3,(H,33,37)(H,31,32,34). The van der Waals surface area contributed by atoms with Crippen LogP contribution in [0.3, 0.4) is 0 Å². The van der Waals surface area contributed by atoms with Gasteiger partial charge in [-0.05, 0) is 61.6 Å². The molecule has 1 unspecified atom stereocenters. The van der Waals surface area contributed by atoms with Crippen molar-refractivity contribution in [1.29, 1.82) is 0 Å². The van der Waals surface area contributed by atoms with E-state index in [9.17, 15) is 22.8 Å². The predicted molar refractivity (Wildman–Crippen MR) is 133 cm³/mol. The van der Waals surface area contributed by atoms with Gasteiger partial charge in [-0.1, -0.05) is 31.2 Å². The summed E-state index contributed by atoms with van der Waals surface area (Å²) in [6.45, 7) is 8.08. The molecule has 4 rings (SSSR count). The second-order valence-corrected chi connectivity index (χ2v) is 10.4. The van der Waals surface area contributed by atoms with Crippen LogP contribution in [-0.4, -0.2) is 44.0 Å². The number of hydrogen-bond acceptors (Lipinski definition) is 4. The third kappa shape index (κ3) is 6.00. The van der Waals surface area contributed by atoms with Gasteiger partial charge in [-0.3, -0.25) is 9.89 Å². The third-order valence-corrected chi connectivity index (χ3v) is 6.37. The van der Waals surface area contributed by atoms with Crippen LogP contribution in [0.4, 0.5) is 18.0 Å². The molecule has 0 aliphatic carbocycles. The van der Waals surface area contributed by atoms with Crippen LogP contribution in [0.2, 0.25) is 0 Å². The van der Waals surface area contributed by atoms with Crippen molar-refractivity contribution >= 4 is 11.8 Å². The second-order valence-electron chi connectivity index (χ2n) is 10.4. The molecule has 2 heterocycles. The van der Waals surface area contributed by atoms with Crippen molar-refractivity contribution in [1.82, 2.24) is 25.4 Å². The van der Waals surface area contributed by atoms with E-state index >= 15 is 0 Å². The summed E-state index contributed by atoms with van der Waals surface area (Å²) >= 11 is 0. The molecule has 0 radical (unpaired) electrons. The number of rotatable bonds is 5. The SMILES string of the molecule is CC(CC(=O)c1ccc(-c2cccc(C(F)(F)F)c2)c2c1CN(C(=O)NC(C)(C)C)CC2)c1ncn[nH]1. The maximum atomic E-state index is 13.4. The van der Waals surface area contributed by atoms with Gasteiger partial charge in [0, 0.05) is 36.5 Å². The molecule has 0 fully saturated rings. The summed E-state index contributed by atoms with van der Waals surface area (Å²) in [6, 6.07) is 8.31. The lowest BCUT2D eigenvalue weighted by Crippen LogP contribution is -2.50. The molecule has 7 nitrogen and oxygen atoms in total. The number of urea groups is 1. The van der Waals surface area contributed by atoms with Gasteiger partial charge in [0.05, 0.1) is 5.56 Å². The minimum Gasteiger partial charge on any atom is -0.333 e. The van der Waals surface area contributed by atoms with Gasteiger partial charge in [0.1, 0.15) is 12.2 Å². The lowest BCUT2D eigenvalue weighted by Gasteiger charge is -2.34. The van der Waals surface area contributed by atoms with Gasteiger partial charge in [0.2, 0.25) is 0 Å². The smallest absolute Gasteiger partial charge is 0.333 e. The van der Waals surface area contributed by atoms with Gasteiger partial charge >= 0.3 is 12.2 Å². The Labute approximate surface area is 213 Å². The van der Waals surface area contributed by atoms with Crippen molar-refractivity contribution in [3.8, 4) is 11.1 Å². The van der Waals surface area contributed by atoms with Crippen molar-refractivity contribution in [3.05, 3.63) is 70.8 Å². The van der Waals surface area contributed by atoms with Gasteiger partial charge in [0.25, 0.3) is 0 Å². The number of hydrogen-bond donors (Lipinski definition) is 2. The molecule has 0 saturated heterocycles. The zero-order valence-electron chi connectivity index (χ0n) is 21.2. The molecule has 37 heavy (non-hydrogen) atoms. The Hall–Kier alpha value is -3.69. The lowest BCUT2D eigenvalue weighted by molar-refractivity contribution is -0.137. The molecule has 0 spiro atoms. The number of aromatic amines is 1. The zero-order chi connectivity index (χ0) is 27.0. The zero-order valence-corrected chi connectivity index (χ0v) is 21.2. The molecule has 2 N–H and O–H groups in total. The van der Waals surface area contributed by atoms with E-state index in [1.807, 2.05) is 27.7 Å². The first-order valence-electron chi connectivity index (χ1n) is 12.1. The number of halogens is 3. The average Bonchev–Trinajstić information content (AvgIpc) is 3.36. The number of fused-ring (bicyclic) bond motifs is 1. The monoisotopic (exact) mass is 513 g/mol. The summed E-state index contributed by atoms with van der Waals surface area (Å²) in [7, 11) is 0. The van der Waals surface area contributed by atoms with Gasteiger partial charge < -0.3 is 10.2 Å². The summed E-state index contributed by atoms with van der Waals surface area (Å²) in [6.07, 6.45) is -2.51. The highest BCUT2D eigenvalue weighted by Gasteiger charge is 2.32. The van der Waals surface area contributed by atoms with Gasteiger partial charge in [0.15, 0.2) is 5.78 Å². The Kier molecular flexibility index (Phi) is 7.12. The summed E-state index contributed by atoms with van der Waals surface area (Å²) in [5.41, 5.74) is 1.80. The van der Waals surface area contributed by atoms with Crippen molar-refractivity contribution in [2.75, 3.05) is 6.54 Å². The Morgan fingerprint density at radius 2 is 1.89 bits per heavy atom. The fraction of sp³-hybridized carbons (Fsp3) is 0.407. The molecule has 3 aromatic rings. The molecule has 1 atom stereocenters. The summed E-state index contributed by atoms with van der Waals surface area (Å²) < 4.78 is 40.2. The van der Waals surface area contributed by atoms with Crippen molar-refractivity contribution < 1.29 is 22.8 Å². The van der Waals surface area contributed by atoms with Crippen LogP contribution in [0.5, 0.6) is 0 Å². The Bertz CT molecular complexity index is 1300. The first-order chi connectivity index (χ1) is 17.3. The number of H-pyrrole nitrogens is 1. The normalized spacial score (nSPS) is 14.7. The fourth-order valence-electron chi connectivity index (χ4n) is 4.58. The van der Waals surface area contributed by atoms with E-state index in [4.69, 9.17) is 0 Å². The summed E-state index contributed by atoms with van der Waals surface area (Å²) in [5, 5.41) is 9.57. The summed E-state index contributed by atoms with van der Waals surface area (Å²) in [5.74, 6) is 0.250. The number of carbonyl (C=O) groups is 2. The van der Waals surface area contributed by atoms with Crippen LogP contribution in [-0.2, 0) is 19.1 Å². The van der Waals surface area contributed by atoms with Crippen LogP contribution in [0.1, 0.15) is 72.9 Å². The second kappa shape index (κ2) is 9.99. The van der Waals surface area contributed by atoms with Gasteiger partial charge in [-0.15, -0.1) is 0 Å². The molecular formula is C27H30F3N5O2. The molecule has 1 aliphatic heterocycles. The number of alkyl halides is 3. The number of nitrogens with zero attached hydrogens (tertiary/aromatic N) is 3. The van der Waals surface area contributed by atoms with Crippen LogP contribution < -0.4 is 5.32 Å². The van der Waals surface area contributed by atoms with E-state index in [2.05, 4.69) is 20.5 Å². The number of benzene rings is 2. The number of aromatic nitrogens is 3. The van der Waals surface area contributed by atoms with Crippen molar-refractivity contribution in [3.63, 3.8) is 0 Å². The number of carbonyl (C=O) groups excluding carboxylic acids is 2. The van der Waals surface area contributed by atoms with Crippen LogP contribution >= 0.6 is 0 Å². The van der Waals surface area contributed by atoms with Gasteiger partial charge in [-0.2, -0.15) is 18.3 Å². The molecule has 196 valence electrons. The molecule has 1 aromatic heterocycles. The number of amides is 2. The number of ketones is 1. The molecule has 1 aliphatic rings. The van der Waals surface area contributed by atoms with Crippen LogP contribution in [0, 0.1) is 0 Å². The Balaban J connectivity index is 1.74. The van der Waals surface area contributed by atoms with E-state index in [0.717, 1.165) is 17.7 Å². The fourth-order valence-corrected chi connectivity index (χ4v) is 4.58. The Morgan fingerprint density at radius 3 is 2.54 bits per heavy atom. The average molecular weight is 514 g/mol. The van der Waals surface area contributed by atoms with Crippen molar-refractivity contribution in [2.45, 2.75) is 64.7 Å². The van der Waals surface area contributed by atoms with Crippen LogP contribution in [0.15, 0.2) is 42.7 Å². The van der Waals surface area contributed by atoms with E-state index in [0.29, 0.717) is 41.0 Å². The molecule has 2 amide bonds. The topological polar surface area (TPSA) is 91.0 Å². The van der Waals surface area contributed by atoms with Gasteiger partial charge in [-0.25, -0.2) is 9.78 Å². The molecule has 0 saturated carbocycles. The largest absolute Gasteiger partial charge is 0.416 e. The minimum absolute atomic E-state index is 0.131. The van der Waals surface area contributed by atoms with E-state index < -0.39 is 17.3 Å². The van der Waals surface area contributed by atoms with Crippen molar-refractivity contribution in [2.24, 2.45) is 0 Å². The maximum Gasteiger partial charge on any atom is 0.416 e. The van der Waals surface area contributed by atoms with E-state index in [1.165, 1.54) is 12.4 Å². The lowest BCUT2D eigenvalue weighted by atomic mass is 9.85. The number of nitrogens with one attached hydrogen (secondary N) is 2. The minimum atomic E-state index is -4.47. The highest BCUT2D eigenvalue weighted by Crippen LogP contribution is 2.37. The Morgan fingerprint density at radius 1 is 1.14 bits per heavy atom. The highest BCUT2D eigenvalue weighted by atomic mass is 19.4. The molecule has 10 heteroatoms. The summed E-state index contributed by atoms with van der Waals surface area (Å²) in [4.78, 5) is 32.1. The first kappa shape index (κ1) is 26.4. The van der Waals surface area contributed by atoms with E-state index in [-0.39, 0.29) is 30.7 Å². The first-order valence-corrected chi connectivity index (χ1v) is 12.1. The quantitative estimate of drug-likeness (QED) is 0.426. The van der Waals surface area contributed by atoms with Crippen LogP contribution in [0.25, 0.3) is 11.1 Å². The predicted octanol–water partition coefficient (Wildman–Crippen LogP) is 5.73. The maximum absolute atomic E-state index is 13.4. The third-order valence-electron chi connectivity index (χ3n) is 6.37. The van der Waals surface area contributed by atoms with E-state index in [1.54, 1.807) is 23.1 Å².